The van der Waals surface area contributed by atoms with Gasteiger partial charge in [0.25, 0.3) is 0 Å². The molecule has 0 saturated carbocycles. The summed E-state index contributed by atoms with van der Waals surface area (Å²) in [5.41, 5.74) is 11.3. The normalized spacial score (nSPS) is 12.7. The maximum atomic E-state index is 9.55. The van der Waals surface area contributed by atoms with Crippen molar-refractivity contribution in [2.45, 2.75) is 25.9 Å². The molecule has 3 rings (SSSR count). The van der Waals surface area contributed by atoms with Crippen molar-refractivity contribution in [2.75, 3.05) is 7.11 Å². The highest BCUT2D eigenvalue weighted by molar-refractivity contribution is 5.89. The minimum atomic E-state index is -1.26. The molecule has 1 aromatic carbocycles. The van der Waals surface area contributed by atoms with Crippen LogP contribution < -0.4 is 10.5 Å². The fourth-order valence-corrected chi connectivity index (χ4v) is 2.87. The minimum Gasteiger partial charge on any atom is -0.497 e. The molecule has 1 aromatic heterocycles. The van der Waals surface area contributed by atoms with Gasteiger partial charge in [0.2, 0.25) is 0 Å². The quantitative estimate of drug-likeness (QED) is 0.602. The van der Waals surface area contributed by atoms with Gasteiger partial charge in [0.1, 0.15) is 5.75 Å². The standard InChI is InChI=1S/C15H18N2O.C4H4O4/c1-10(16)9-17-6-5-11-7-12-8-13(18-2)3-4-14(12)15(11)17;5-3(6)1-2-4(7)8/h3-6,8,10H,7,9,16H2,1-2H3;1-2H,(H,5,6)(H,7,8)/b;2-1+. The van der Waals surface area contributed by atoms with E-state index in [4.69, 9.17) is 20.7 Å². The van der Waals surface area contributed by atoms with Crippen molar-refractivity contribution in [1.29, 1.82) is 0 Å². The number of benzene rings is 1. The number of nitrogens with two attached hydrogens (primary N) is 1. The largest absolute Gasteiger partial charge is 0.497 e. The van der Waals surface area contributed by atoms with Gasteiger partial charge in [-0.25, -0.2) is 9.59 Å². The molecule has 0 saturated heterocycles. The first-order valence-electron chi connectivity index (χ1n) is 8.06. The number of hydrogen-bond acceptors (Lipinski definition) is 4. The molecule has 0 aliphatic heterocycles. The third-order valence-corrected chi connectivity index (χ3v) is 3.85. The topological polar surface area (TPSA) is 115 Å². The fraction of sp³-hybridized carbons (Fsp3) is 0.263. The van der Waals surface area contributed by atoms with Gasteiger partial charge in [-0.1, -0.05) is 0 Å². The van der Waals surface area contributed by atoms with E-state index in [-0.39, 0.29) is 6.04 Å². The van der Waals surface area contributed by atoms with E-state index < -0.39 is 11.9 Å². The van der Waals surface area contributed by atoms with E-state index in [9.17, 15) is 9.59 Å². The average molecular weight is 358 g/mol. The Balaban J connectivity index is 0.000000260. The average Bonchev–Trinajstić information content (AvgIpc) is 3.12. The minimum absolute atomic E-state index is 0.170. The summed E-state index contributed by atoms with van der Waals surface area (Å²) < 4.78 is 7.55. The predicted octanol–water partition coefficient (Wildman–Crippen LogP) is 2.13. The van der Waals surface area contributed by atoms with E-state index in [0.29, 0.717) is 12.2 Å². The zero-order valence-corrected chi connectivity index (χ0v) is 14.7. The summed E-state index contributed by atoms with van der Waals surface area (Å²) in [6.07, 6.45) is 4.25. The molecule has 0 bridgehead atoms. The molecule has 1 aliphatic carbocycles. The molecular formula is C19H22N2O5. The molecule has 1 aliphatic rings. The smallest absolute Gasteiger partial charge is 0.328 e. The summed E-state index contributed by atoms with van der Waals surface area (Å²) in [6, 6.07) is 8.67. The Morgan fingerprint density at radius 3 is 2.42 bits per heavy atom. The van der Waals surface area contributed by atoms with Gasteiger partial charge in [-0.2, -0.15) is 0 Å². The lowest BCUT2D eigenvalue weighted by molar-refractivity contribution is -0.134. The Morgan fingerprint density at radius 2 is 1.88 bits per heavy atom. The van der Waals surface area contributed by atoms with Crippen molar-refractivity contribution in [3.05, 3.63) is 53.7 Å². The highest BCUT2D eigenvalue weighted by Crippen LogP contribution is 2.39. The Kier molecular flexibility index (Phi) is 6.19. The molecule has 0 amide bonds. The summed E-state index contributed by atoms with van der Waals surface area (Å²) >= 11 is 0. The van der Waals surface area contributed by atoms with E-state index >= 15 is 0 Å². The SMILES string of the molecule is COc1ccc2c(c1)Cc1ccn(CC(C)N)c1-2.O=C(O)/C=C/C(=O)O. The lowest BCUT2D eigenvalue weighted by atomic mass is 10.1. The molecule has 0 radical (unpaired) electrons. The molecule has 1 unspecified atom stereocenters. The first kappa shape index (κ1) is 19.3. The first-order valence-corrected chi connectivity index (χ1v) is 8.06. The molecule has 1 heterocycles. The van der Waals surface area contributed by atoms with Crippen molar-refractivity contribution in [2.24, 2.45) is 5.73 Å². The van der Waals surface area contributed by atoms with Gasteiger partial charge in [0, 0.05) is 42.9 Å². The van der Waals surface area contributed by atoms with Gasteiger partial charge in [0.05, 0.1) is 12.8 Å². The molecule has 7 nitrogen and oxygen atoms in total. The summed E-state index contributed by atoms with van der Waals surface area (Å²) in [7, 11) is 1.71. The van der Waals surface area contributed by atoms with Gasteiger partial charge >= 0.3 is 11.9 Å². The Hall–Kier alpha value is -3.06. The maximum Gasteiger partial charge on any atom is 0.328 e. The van der Waals surface area contributed by atoms with Crippen LogP contribution >= 0.6 is 0 Å². The third kappa shape index (κ3) is 4.73. The number of carbonyl (C=O) groups is 2. The maximum absolute atomic E-state index is 9.55. The summed E-state index contributed by atoms with van der Waals surface area (Å²) in [4.78, 5) is 19.1. The number of methoxy groups -OCH3 is 1. The summed E-state index contributed by atoms with van der Waals surface area (Å²) in [5, 5.41) is 15.6. The number of ether oxygens (including phenoxy) is 1. The third-order valence-electron chi connectivity index (χ3n) is 3.85. The van der Waals surface area contributed by atoms with Crippen LogP contribution in [0.4, 0.5) is 0 Å². The van der Waals surface area contributed by atoms with Gasteiger partial charge in [-0.3, -0.25) is 0 Å². The van der Waals surface area contributed by atoms with Crippen LogP contribution in [0.5, 0.6) is 5.75 Å². The number of aromatic nitrogens is 1. The van der Waals surface area contributed by atoms with E-state index in [1.54, 1.807) is 7.11 Å². The van der Waals surface area contributed by atoms with Crippen molar-refractivity contribution in [1.82, 2.24) is 4.57 Å². The lowest BCUT2D eigenvalue weighted by Crippen LogP contribution is -2.22. The fourth-order valence-electron chi connectivity index (χ4n) is 2.87. The van der Waals surface area contributed by atoms with Gasteiger partial charge in [-0.05, 0) is 42.3 Å². The highest BCUT2D eigenvalue weighted by atomic mass is 16.5. The van der Waals surface area contributed by atoms with Crippen LogP contribution in [0.3, 0.4) is 0 Å². The van der Waals surface area contributed by atoms with E-state index in [2.05, 4.69) is 29.0 Å². The van der Waals surface area contributed by atoms with E-state index in [1.807, 2.05) is 13.0 Å². The molecule has 7 heteroatoms. The predicted molar refractivity (Wildman–Crippen MR) is 97.3 cm³/mol. The molecule has 1 atom stereocenters. The highest BCUT2D eigenvalue weighted by Gasteiger charge is 2.22. The van der Waals surface area contributed by atoms with Crippen molar-refractivity contribution in [3.63, 3.8) is 0 Å². The van der Waals surface area contributed by atoms with Crippen LogP contribution in [0.1, 0.15) is 18.1 Å². The van der Waals surface area contributed by atoms with Gasteiger partial charge < -0.3 is 25.3 Å². The van der Waals surface area contributed by atoms with Crippen LogP contribution in [0.25, 0.3) is 11.3 Å². The van der Waals surface area contributed by atoms with Gasteiger partial charge in [0.15, 0.2) is 0 Å². The van der Waals surface area contributed by atoms with Gasteiger partial charge in [-0.15, -0.1) is 0 Å². The molecule has 4 N–H and O–H groups in total. The monoisotopic (exact) mass is 358 g/mol. The number of rotatable bonds is 5. The van der Waals surface area contributed by atoms with Crippen LogP contribution in [-0.4, -0.2) is 39.9 Å². The van der Waals surface area contributed by atoms with E-state index in [1.165, 1.54) is 22.4 Å². The van der Waals surface area contributed by atoms with Crippen molar-refractivity contribution < 1.29 is 24.5 Å². The second-order valence-electron chi connectivity index (χ2n) is 6.03. The Morgan fingerprint density at radius 1 is 1.23 bits per heavy atom. The second kappa shape index (κ2) is 8.35. The van der Waals surface area contributed by atoms with Crippen LogP contribution in [-0.2, 0) is 22.6 Å². The Bertz CT molecular complexity index is 820. The van der Waals surface area contributed by atoms with Crippen LogP contribution in [0, 0.1) is 0 Å². The summed E-state index contributed by atoms with van der Waals surface area (Å²) in [5.74, 6) is -1.59. The van der Waals surface area contributed by atoms with E-state index in [0.717, 1.165) is 18.7 Å². The molecule has 0 fully saturated rings. The first-order chi connectivity index (χ1) is 12.3. The number of carboxylic acid groups (broad SMARTS) is 2. The number of nitrogens with zero attached hydrogens (tertiary/aromatic N) is 1. The van der Waals surface area contributed by atoms with Crippen LogP contribution in [0.15, 0.2) is 42.6 Å². The zero-order valence-electron chi connectivity index (χ0n) is 14.7. The van der Waals surface area contributed by atoms with Crippen molar-refractivity contribution >= 4 is 11.9 Å². The summed E-state index contributed by atoms with van der Waals surface area (Å²) in [6.45, 7) is 2.90. The molecule has 138 valence electrons. The second-order valence-corrected chi connectivity index (χ2v) is 6.03. The molecule has 0 spiro atoms. The lowest BCUT2D eigenvalue weighted by Gasteiger charge is -2.12. The molecule has 2 aromatic rings. The van der Waals surface area contributed by atoms with Crippen molar-refractivity contribution in [3.8, 4) is 17.0 Å². The molecule has 26 heavy (non-hydrogen) atoms. The Labute approximate surface area is 151 Å². The molecular weight excluding hydrogens is 336 g/mol. The number of fused-ring (bicyclic) bond motifs is 3. The zero-order chi connectivity index (χ0) is 19.3. The number of hydrogen-bond donors (Lipinski definition) is 3. The van der Waals surface area contributed by atoms with Crippen LogP contribution in [0.2, 0.25) is 0 Å². The number of carboxylic acids is 2. The number of aliphatic carboxylic acids is 2.